The summed E-state index contributed by atoms with van der Waals surface area (Å²) in [7, 11) is 0. The van der Waals surface area contributed by atoms with Crippen LogP contribution in [0.25, 0.3) is 0 Å². The Hall–Kier alpha value is -1.35. The monoisotopic (exact) mass is 526 g/mol. The number of hydrogen-bond acceptors (Lipinski definition) is 4. The fourth-order valence-corrected chi connectivity index (χ4v) is 5.17. The number of aryl methyl sites for hydroxylation is 2. The molecule has 2 aliphatic rings. The largest absolute Gasteiger partial charge is 0.487 e. The second-order valence-corrected chi connectivity index (χ2v) is 9.16. The number of para-hydroxylation sites is 1. The van der Waals surface area contributed by atoms with E-state index in [4.69, 9.17) is 9.73 Å². The second kappa shape index (κ2) is 9.64. The third-order valence-electron chi connectivity index (χ3n) is 5.81. The molecule has 1 aromatic carbocycles. The molecule has 1 aliphatic heterocycles. The molecule has 7 heteroatoms. The number of fused-ring (bicyclic) bond motifs is 1. The summed E-state index contributed by atoms with van der Waals surface area (Å²) in [6.45, 7) is 7.71. The number of rotatable bonds is 4. The van der Waals surface area contributed by atoms with Gasteiger partial charge in [0.2, 0.25) is 0 Å². The molecule has 4 rings (SSSR count). The van der Waals surface area contributed by atoms with Crippen molar-refractivity contribution in [3.63, 3.8) is 0 Å². The van der Waals surface area contributed by atoms with Gasteiger partial charge >= 0.3 is 0 Å². The molecule has 1 spiro atoms. The average Bonchev–Trinajstić information content (AvgIpc) is 3.26. The second-order valence-electron chi connectivity index (χ2n) is 7.88. The van der Waals surface area contributed by atoms with Gasteiger partial charge in [-0.2, -0.15) is 0 Å². The highest BCUT2D eigenvalue weighted by atomic mass is 127. The third kappa shape index (κ3) is 5.05. The lowest BCUT2D eigenvalue weighted by Crippen LogP contribution is -2.46. The van der Waals surface area contributed by atoms with E-state index in [2.05, 4.69) is 60.7 Å². The molecule has 29 heavy (non-hydrogen) atoms. The minimum Gasteiger partial charge on any atom is -0.487 e. The van der Waals surface area contributed by atoms with E-state index in [9.17, 15) is 0 Å². The summed E-state index contributed by atoms with van der Waals surface area (Å²) in [5.74, 6) is 1.87. The SMILES string of the molecule is CCNC(=NCc1nc(C)c(C)s1)NC1CC2(CCCC2)Oc2ccccc21.I. The van der Waals surface area contributed by atoms with Crippen molar-refractivity contribution in [3.8, 4) is 5.75 Å². The molecule has 0 radical (unpaired) electrons. The van der Waals surface area contributed by atoms with Crippen LogP contribution < -0.4 is 15.4 Å². The molecule has 0 saturated heterocycles. The lowest BCUT2D eigenvalue weighted by Gasteiger charge is -2.40. The summed E-state index contributed by atoms with van der Waals surface area (Å²) < 4.78 is 6.49. The van der Waals surface area contributed by atoms with E-state index in [1.54, 1.807) is 11.3 Å². The Labute approximate surface area is 194 Å². The Morgan fingerprint density at radius 1 is 1.28 bits per heavy atom. The zero-order valence-electron chi connectivity index (χ0n) is 17.5. The number of nitrogens with zero attached hydrogens (tertiary/aromatic N) is 2. The van der Waals surface area contributed by atoms with E-state index >= 15 is 0 Å². The van der Waals surface area contributed by atoms with Crippen molar-refractivity contribution in [1.82, 2.24) is 15.6 Å². The maximum absolute atomic E-state index is 6.49. The highest BCUT2D eigenvalue weighted by molar-refractivity contribution is 14.0. The molecule has 2 N–H and O–H groups in total. The first-order valence-corrected chi connectivity index (χ1v) is 11.2. The summed E-state index contributed by atoms with van der Waals surface area (Å²) in [5, 5.41) is 8.16. The molecule has 1 aromatic heterocycles. The number of ether oxygens (including phenoxy) is 1. The lowest BCUT2D eigenvalue weighted by atomic mass is 9.86. The highest BCUT2D eigenvalue weighted by Crippen LogP contribution is 2.46. The van der Waals surface area contributed by atoms with Crippen LogP contribution >= 0.6 is 35.3 Å². The van der Waals surface area contributed by atoms with Gasteiger partial charge in [-0.1, -0.05) is 18.2 Å². The minimum atomic E-state index is -0.0210. The van der Waals surface area contributed by atoms with Crippen LogP contribution in [0.1, 0.15) is 66.2 Å². The summed E-state index contributed by atoms with van der Waals surface area (Å²) in [5.41, 5.74) is 2.31. The van der Waals surface area contributed by atoms with Crippen LogP contribution in [0, 0.1) is 13.8 Å². The fraction of sp³-hybridized carbons (Fsp3) is 0.545. The average molecular weight is 526 g/mol. The van der Waals surface area contributed by atoms with Gasteiger partial charge < -0.3 is 15.4 Å². The highest BCUT2D eigenvalue weighted by Gasteiger charge is 2.43. The van der Waals surface area contributed by atoms with Crippen molar-refractivity contribution in [2.24, 2.45) is 4.99 Å². The fourth-order valence-electron chi connectivity index (χ4n) is 4.31. The maximum atomic E-state index is 6.49. The zero-order valence-corrected chi connectivity index (χ0v) is 20.6. The quantitative estimate of drug-likeness (QED) is 0.324. The van der Waals surface area contributed by atoms with Gasteiger partial charge in [0.1, 0.15) is 16.4 Å². The minimum absolute atomic E-state index is 0. The number of guanidine groups is 1. The Kier molecular flexibility index (Phi) is 7.42. The Morgan fingerprint density at radius 3 is 2.72 bits per heavy atom. The molecule has 0 amide bonds. The van der Waals surface area contributed by atoms with Crippen LogP contribution in [0.4, 0.5) is 0 Å². The van der Waals surface area contributed by atoms with Crippen LogP contribution in [0.3, 0.4) is 0 Å². The number of benzene rings is 1. The molecule has 0 bridgehead atoms. The predicted molar refractivity (Wildman–Crippen MR) is 131 cm³/mol. The molecule has 158 valence electrons. The van der Waals surface area contributed by atoms with Crippen LogP contribution in [0.5, 0.6) is 5.75 Å². The van der Waals surface area contributed by atoms with Gasteiger partial charge in [0.25, 0.3) is 0 Å². The molecule has 2 heterocycles. The molecule has 1 saturated carbocycles. The standard InChI is InChI=1S/C22H30N4OS.HI/c1-4-23-21(24-14-20-25-15(2)16(3)28-20)26-18-13-22(11-7-8-12-22)27-19-10-6-5-9-17(18)19;/h5-6,9-10,18H,4,7-8,11-14H2,1-3H3,(H2,23,24,26);1H. The van der Waals surface area contributed by atoms with Gasteiger partial charge in [0.15, 0.2) is 5.96 Å². The summed E-state index contributed by atoms with van der Waals surface area (Å²) in [6.07, 6.45) is 5.79. The Morgan fingerprint density at radius 2 is 2.03 bits per heavy atom. The number of aliphatic imine (C=N–C) groups is 1. The van der Waals surface area contributed by atoms with Crippen LogP contribution in [-0.2, 0) is 6.54 Å². The zero-order chi connectivity index (χ0) is 19.6. The van der Waals surface area contributed by atoms with Crippen LogP contribution in [0.15, 0.2) is 29.3 Å². The summed E-state index contributed by atoms with van der Waals surface area (Å²) in [4.78, 5) is 10.7. The number of aromatic nitrogens is 1. The van der Waals surface area contributed by atoms with E-state index in [0.29, 0.717) is 6.54 Å². The molecule has 1 fully saturated rings. The van der Waals surface area contributed by atoms with E-state index in [1.807, 2.05) is 0 Å². The molecular formula is C22H31IN4OS. The Balaban J connectivity index is 0.00000240. The van der Waals surface area contributed by atoms with Gasteiger partial charge in [-0.3, -0.25) is 0 Å². The third-order valence-corrected chi connectivity index (χ3v) is 6.87. The molecule has 1 aliphatic carbocycles. The predicted octanol–water partition coefficient (Wildman–Crippen LogP) is 5.27. The van der Waals surface area contributed by atoms with Crippen LogP contribution in [0.2, 0.25) is 0 Å². The Bertz CT molecular complexity index is 841. The van der Waals surface area contributed by atoms with Crippen molar-refractivity contribution in [1.29, 1.82) is 0 Å². The molecule has 1 atom stereocenters. The smallest absolute Gasteiger partial charge is 0.192 e. The summed E-state index contributed by atoms with van der Waals surface area (Å²) in [6, 6.07) is 8.64. The van der Waals surface area contributed by atoms with Gasteiger partial charge in [0, 0.05) is 23.4 Å². The normalized spacial score (nSPS) is 20.0. The maximum Gasteiger partial charge on any atom is 0.192 e. The number of thiazole rings is 1. The van der Waals surface area contributed by atoms with Crippen LogP contribution in [-0.4, -0.2) is 23.1 Å². The van der Waals surface area contributed by atoms with Crippen molar-refractivity contribution >= 4 is 41.3 Å². The van der Waals surface area contributed by atoms with Gasteiger partial charge in [0.05, 0.1) is 18.3 Å². The first-order valence-electron chi connectivity index (χ1n) is 10.3. The first-order chi connectivity index (χ1) is 13.6. The molecular weight excluding hydrogens is 495 g/mol. The van der Waals surface area contributed by atoms with Gasteiger partial charge in [-0.25, -0.2) is 9.98 Å². The van der Waals surface area contributed by atoms with E-state index in [1.165, 1.54) is 23.3 Å². The van der Waals surface area contributed by atoms with Gasteiger partial charge in [-0.05, 0) is 52.5 Å². The van der Waals surface area contributed by atoms with Crippen molar-refractivity contribution in [3.05, 3.63) is 45.4 Å². The topological polar surface area (TPSA) is 58.5 Å². The van der Waals surface area contributed by atoms with Crippen molar-refractivity contribution in [2.75, 3.05) is 6.54 Å². The molecule has 1 unspecified atom stereocenters. The van der Waals surface area contributed by atoms with Gasteiger partial charge in [-0.15, -0.1) is 35.3 Å². The lowest BCUT2D eigenvalue weighted by molar-refractivity contribution is 0.0396. The van der Waals surface area contributed by atoms with E-state index in [-0.39, 0.29) is 35.6 Å². The molecule has 5 nitrogen and oxygen atoms in total. The van der Waals surface area contributed by atoms with Crippen molar-refractivity contribution < 1.29 is 4.74 Å². The molecule has 2 aromatic rings. The number of hydrogen-bond donors (Lipinski definition) is 2. The van der Waals surface area contributed by atoms with E-state index in [0.717, 1.165) is 48.2 Å². The number of nitrogens with one attached hydrogen (secondary N) is 2. The number of halogens is 1. The van der Waals surface area contributed by atoms with E-state index < -0.39 is 0 Å². The van der Waals surface area contributed by atoms with Crippen molar-refractivity contribution in [2.45, 2.75) is 71.1 Å². The summed E-state index contributed by atoms with van der Waals surface area (Å²) >= 11 is 1.73. The first kappa shape index (κ1) is 22.3.